The summed E-state index contributed by atoms with van der Waals surface area (Å²) in [6.45, 7) is 8.84. The number of hydrogen-bond donors (Lipinski definition) is 1. The van der Waals surface area contributed by atoms with E-state index in [2.05, 4.69) is 20.8 Å². The molecule has 4 heteroatoms. The van der Waals surface area contributed by atoms with E-state index in [9.17, 15) is 14.7 Å². The second kappa shape index (κ2) is 6.73. The van der Waals surface area contributed by atoms with Crippen LogP contribution in [0.15, 0.2) is 24.3 Å². The summed E-state index contributed by atoms with van der Waals surface area (Å²) < 4.78 is 0. The van der Waals surface area contributed by atoms with E-state index in [0.717, 1.165) is 12.0 Å². The highest BCUT2D eigenvalue weighted by Crippen LogP contribution is 2.34. The average molecular weight is 317 g/mol. The summed E-state index contributed by atoms with van der Waals surface area (Å²) in [4.78, 5) is 26.5. The fraction of sp³-hybridized carbons (Fsp3) is 0.579. The third-order valence-electron chi connectivity index (χ3n) is 4.55. The molecule has 1 aromatic rings. The second-order valence-electron chi connectivity index (χ2n) is 7.73. The van der Waals surface area contributed by atoms with E-state index in [1.165, 1.54) is 0 Å². The summed E-state index contributed by atoms with van der Waals surface area (Å²) in [6, 6.07) is 7.28. The molecule has 126 valence electrons. The number of nitrogens with zero attached hydrogens (tertiary/aromatic N) is 1. The highest BCUT2D eigenvalue weighted by atomic mass is 16.4. The number of carboxylic acid groups (broad SMARTS) is 1. The van der Waals surface area contributed by atoms with Gasteiger partial charge in [0.25, 0.3) is 5.91 Å². The molecule has 0 saturated carbocycles. The van der Waals surface area contributed by atoms with Crippen molar-refractivity contribution in [1.82, 2.24) is 4.90 Å². The monoisotopic (exact) mass is 317 g/mol. The molecule has 0 unspecified atom stereocenters. The topological polar surface area (TPSA) is 57.6 Å². The van der Waals surface area contributed by atoms with Gasteiger partial charge in [-0.1, -0.05) is 39.0 Å². The summed E-state index contributed by atoms with van der Waals surface area (Å²) in [5.74, 6) is -1.30. The van der Waals surface area contributed by atoms with Crippen LogP contribution < -0.4 is 0 Å². The Hall–Kier alpha value is -1.84. The molecule has 23 heavy (non-hydrogen) atoms. The van der Waals surface area contributed by atoms with Gasteiger partial charge in [-0.15, -0.1) is 0 Å². The molecule has 1 N–H and O–H groups in total. The lowest BCUT2D eigenvalue weighted by molar-refractivity contribution is -0.145. The molecular formula is C19H27NO3. The lowest BCUT2D eigenvalue weighted by atomic mass is 9.78. The van der Waals surface area contributed by atoms with Gasteiger partial charge in [0.15, 0.2) is 0 Å². The Bertz CT molecular complexity index is 589. The van der Waals surface area contributed by atoms with Crippen molar-refractivity contribution >= 4 is 11.9 Å². The minimum atomic E-state index is -0.790. The van der Waals surface area contributed by atoms with Crippen LogP contribution in [0.1, 0.15) is 56.0 Å². The number of carbonyl (C=O) groups is 2. The summed E-state index contributed by atoms with van der Waals surface area (Å²) in [5, 5.41) is 9.59. The van der Waals surface area contributed by atoms with Crippen LogP contribution >= 0.6 is 0 Å². The predicted molar refractivity (Wildman–Crippen MR) is 90.4 cm³/mol. The number of likely N-dealkylation sites (tertiary alicyclic amines) is 1. The highest BCUT2D eigenvalue weighted by molar-refractivity contribution is 5.96. The van der Waals surface area contributed by atoms with Gasteiger partial charge in [-0.25, -0.2) is 0 Å². The first-order chi connectivity index (χ1) is 10.7. The van der Waals surface area contributed by atoms with Crippen molar-refractivity contribution in [2.45, 2.75) is 53.0 Å². The van der Waals surface area contributed by atoms with Gasteiger partial charge in [-0.05, 0) is 43.2 Å². The van der Waals surface area contributed by atoms with Crippen molar-refractivity contribution in [2.24, 2.45) is 11.3 Å². The maximum absolute atomic E-state index is 13.0. The smallest absolute Gasteiger partial charge is 0.308 e. The molecule has 0 bridgehead atoms. The first-order valence-electron chi connectivity index (χ1n) is 8.30. The van der Waals surface area contributed by atoms with Crippen molar-refractivity contribution in [3.8, 4) is 0 Å². The Morgan fingerprint density at radius 3 is 2.48 bits per heavy atom. The summed E-state index contributed by atoms with van der Waals surface area (Å²) in [7, 11) is 0. The third kappa shape index (κ3) is 4.12. The van der Waals surface area contributed by atoms with E-state index in [4.69, 9.17) is 0 Å². The Morgan fingerprint density at radius 2 is 1.91 bits per heavy atom. The van der Waals surface area contributed by atoms with Crippen molar-refractivity contribution in [3.63, 3.8) is 0 Å². The molecule has 0 radical (unpaired) electrons. The van der Waals surface area contributed by atoms with Gasteiger partial charge >= 0.3 is 5.97 Å². The minimum absolute atomic E-state index is 0.0278. The number of amides is 1. The van der Waals surface area contributed by atoms with E-state index < -0.39 is 11.9 Å². The number of carboxylic acids is 1. The molecule has 1 fully saturated rings. The van der Waals surface area contributed by atoms with Gasteiger partial charge in [0, 0.05) is 18.2 Å². The zero-order chi connectivity index (χ0) is 17.2. The zero-order valence-electron chi connectivity index (χ0n) is 14.5. The number of carbonyl (C=O) groups excluding carboxylic acids is 1. The van der Waals surface area contributed by atoms with Crippen LogP contribution in [0.2, 0.25) is 0 Å². The van der Waals surface area contributed by atoms with Gasteiger partial charge in [-0.3, -0.25) is 9.59 Å². The lowest BCUT2D eigenvalue weighted by Crippen LogP contribution is -2.52. The zero-order valence-corrected chi connectivity index (χ0v) is 14.5. The molecule has 0 spiro atoms. The number of rotatable bonds is 3. The fourth-order valence-electron chi connectivity index (χ4n) is 3.44. The second-order valence-corrected chi connectivity index (χ2v) is 7.73. The summed E-state index contributed by atoms with van der Waals surface area (Å²) in [6.07, 6.45) is 2.09. The number of benzene rings is 1. The van der Waals surface area contributed by atoms with E-state index in [1.807, 2.05) is 31.2 Å². The quantitative estimate of drug-likeness (QED) is 0.924. The molecule has 1 aromatic carbocycles. The van der Waals surface area contributed by atoms with Crippen LogP contribution in [0.3, 0.4) is 0 Å². The molecule has 2 rings (SSSR count). The van der Waals surface area contributed by atoms with Crippen LogP contribution in [0.25, 0.3) is 0 Å². The molecule has 1 saturated heterocycles. The lowest BCUT2D eigenvalue weighted by Gasteiger charge is -2.42. The van der Waals surface area contributed by atoms with Gasteiger partial charge in [0.05, 0.1) is 5.92 Å². The van der Waals surface area contributed by atoms with Gasteiger partial charge < -0.3 is 10.0 Å². The normalized spacial score (nSPS) is 22.0. The van der Waals surface area contributed by atoms with Crippen molar-refractivity contribution in [2.75, 3.05) is 6.54 Å². The molecule has 2 atom stereocenters. The number of piperidine rings is 1. The van der Waals surface area contributed by atoms with E-state index >= 15 is 0 Å². The molecule has 1 amide bonds. The minimum Gasteiger partial charge on any atom is -0.481 e. The number of aryl methyl sites for hydroxylation is 1. The van der Waals surface area contributed by atoms with Crippen LogP contribution in [0.4, 0.5) is 0 Å². The fourth-order valence-corrected chi connectivity index (χ4v) is 3.44. The molecule has 1 aliphatic rings. The van der Waals surface area contributed by atoms with Crippen molar-refractivity contribution in [1.29, 1.82) is 0 Å². The van der Waals surface area contributed by atoms with Gasteiger partial charge in [0.2, 0.25) is 0 Å². The Morgan fingerprint density at radius 1 is 1.26 bits per heavy atom. The maximum atomic E-state index is 13.0. The molecule has 0 aliphatic carbocycles. The Labute approximate surface area is 138 Å². The van der Waals surface area contributed by atoms with E-state index in [1.54, 1.807) is 4.90 Å². The Balaban J connectivity index is 2.34. The molecular weight excluding hydrogens is 290 g/mol. The van der Waals surface area contributed by atoms with E-state index in [0.29, 0.717) is 24.9 Å². The van der Waals surface area contributed by atoms with E-state index in [-0.39, 0.29) is 17.4 Å². The highest BCUT2D eigenvalue weighted by Gasteiger charge is 2.40. The SMILES string of the molecule is Cc1ccccc1C(=O)N1CCC[C@@H](C(=O)O)[C@H]1CC(C)(C)C. The average Bonchev–Trinajstić information content (AvgIpc) is 2.45. The standard InChI is InChI=1S/C19H27NO3/c1-13-8-5-6-9-14(13)17(21)20-11-7-10-15(18(22)23)16(20)12-19(2,3)4/h5-6,8-9,15-16H,7,10-12H2,1-4H3,(H,22,23)/t15-,16-/m1/s1. The molecule has 1 aliphatic heterocycles. The summed E-state index contributed by atoms with van der Waals surface area (Å²) in [5.41, 5.74) is 1.59. The summed E-state index contributed by atoms with van der Waals surface area (Å²) >= 11 is 0. The third-order valence-corrected chi connectivity index (χ3v) is 4.55. The van der Waals surface area contributed by atoms with Crippen molar-refractivity contribution in [3.05, 3.63) is 35.4 Å². The van der Waals surface area contributed by atoms with Crippen molar-refractivity contribution < 1.29 is 14.7 Å². The van der Waals surface area contributed by atoms with Crippen LogP contribution in [0, 0.1) is 18.3 Å². The maximum Gasteiger partial charge on any atom is 0.308 e. The Kier molecular flexibility index (Phi) is 5.12. The molecule has 4 nitrogen and oxygen atoms in total. The predicted octanol–water partition coefficient (Wildman–Crippen LogP) is 3.74. The number of hydrogen-bond acceptors (Lipinski definition) is 2. The van der Waals surface area contributed by atoms with Crippen LogP contribution in [-0.2, 0) is 4.79 Å². The van der Waals surface area contributed by atoms with Gasteiger partial charge in [0.1, 0.15) is 0 Å². The first kappa shape index (κ1) is 17.5. The largest absolute Gasteiger partial charge is 0.481 e. The first-order valence-corrected chi connectivity index (χ1v) is 8.30. The van der Waals surface area contributed by atoms with Crippen LogP contribution in [0.5, 0.6) is 0 Å². The molecule has 1 heterocycles. The van der Waals surface area contributed by atoms with Crippen LogP contribution in [-0.4, -0.2) is 34.5 Å². The van der Waals surface area contributed by atoms with Gasteiger partial charge in [-0.2, -0.15) is 0 Å². The number of aliphatic carboxylic acids is 1. The molecule has 0 aromatic heterocycles.